The zero-order valence-electron chi connectivity index (χ0n) is 52.9. The number of carbonyl (C=O) groups excluding carboxylic acids is 3. The molecule has 98 heavy (non-hydrogen) atoms. The number of halogens is 15. The van der Waals surface area contributed by atoms with Crippen LogP contribution in [0.25, 0.3) is 0 Å². The number of hydrogen-bond donors (Lipinski definition) is 10. The molecule has 17 nitrogen and oxygen atoms in total. The zero-order chi connectivity index (χ0) is 72.9. The largest absolute Gasteiger partial charge is 0.494 e. The second kappa shape index (κ2) is 31.1. The monoisotopic (exact) mass is 1470 g/mol. The Morgan fingerprint density at radius 1 is 0.500 bits per heavy atom. The summed E-state index contributed by atoms with van der Waals surface area (Å²) in [5.74, 6) is -21.2. The highest BCUT2D eigenvalue weighted by molar-refractivity contribution is 7.98. The van der Waals surface area contributed by atoms with Crippen LogP contribution in [0.15, 0.2) is 144 Å². The van der Waals surface area contributed by atoms with Gasteiger partial charge in [0, 0.05) is 68.5 Å². The predicted octanol–water partition coefficient (Wildman–Crippen LogP) is 10.8. The number of hydrogen-bond acceptors (Lipinski definition) is 15. The summed E-state index contributed by atoms with van der Waals surface area (Å²) < 4.78 is 195. The maximum Gasteiger partial charge on any atom is 0.278 e. The van der Waals surface area contributed by atoms with Crippen LogP contribution in [0, 0.1) is 35.2 Å². The highest BCUT2D eigenvalue weighted by atomic mass is 35.5. The second-order valence-electron chi connectivity index (χ2n) is 23.4. The molecule has 33 heteroatoms. The summed E-state index contributed by atoms with van der Waals surface area (Å²) in [6.45, 7) is -0.904. The van der Waals surface area contributed by atoms with Gasteiger partial charge < -0.3 is 71.3 Å². The molecular formula is C65H67Cl3F12N6O11S. The van der Waals surface area contributed by atoms with Crippen molar-refractivity contribution in [3.63, 3.8) is 0 Å². The van der Waals surface area contributed by atoms with E-state index in [0.29, 0.717) is 20.8 Å². The number of nitrogens with one attached hydrogen (secondary N) is 6. The third-order valence-electron chi connectivity index (χ3n) is 16.9. The van der Waals surface area contributed by atoms with Crippen molar-refractivity contribution in [2.45, 2.75) is 91.6 Å². The first kappa shape index (κ1) is 78.1. The van der Waals surface area contributed by atoms with Crippen molar-refractivity contribution < 1.29 is 106 Å². The molecule has 0 saturated heterocycles. The van der Waals surface area contributed by atoms with Crippen molar-refractivity contribution in [1.82, 2.24) is 31.9 Å². The van der Waals surface area contributed by atoms with Gasteiger partial charge in [-0.2, -0.15) is 11.8 Å². The van der Waals surface area contributed by atoms with Crippen molar-refractivity contribution in [3.8, 4) is 17.2 Å². The summed E-state index contributed by atoms with van der Waals surface area (Å²) in [4.78, 5) is 35.0. The van der Waals surface area contributed by atoms with Gasteiger partial charge in [-0.25, -0.2) is 52.7 Å². The smallest absolute Gasteiger partial charge is 0.278 e. The molecule has 3 aliphatic heterocycles. The lowest BCUT2D eigenvalue weighted by Crippen LogP contribution is -2.59. The number of thioether (sulfide) groups is 1. The molecule has 6 unspecified atom stereocenters. The van der Waals surface area contributed by atoms with E-state index in [1.54, 1.807) is 0 Å². The van der Waals surface area contributed by atoms with Crippen molar-refractivity contribution >= 4 is 64.3 Å². The highest BCUT2D eigenvalue weighted by Crippen LogP contribution is 2.49. The molecule has 3 aromatic carbocycles. The number of carbonyl (C=O) groups is 3. The first-order chi connectivity index (χ1) is 45.8. The lowest BCUT2D eigenvalue weighted by atomic mass is 9.81. The lowest BCUT2D eigenvalue weighted by Gasteiger charge is -2.43. The van der Waals surface area contributed by atoms with E-state index in [9.17, 15) is 87.5 Å². The van der Waals surface area contributed by atoms with Gasteiger partial charge in [0.1, 0.15) is 17.5 Å². The van der Waals surface area contributed by atoms with Gasteiger partial charge in [-0.05, 0) is 95.8 Å². The quantitative estimate of drug-likeness (QED) is 0.0397. The fourth-order valence-electron chi connectivity index (χ4n) is 11.5. The molecule has 0 radical (unpaired) electrons. The summed E-state index contributed by atoms with van der Waals surface area (Å²) in [5, 5.41) is 57.1. The van der Waals surface area contributed by atoms with Gasteiger partial charge in [0.05, 0.1) is 85.9 Å². The standard InChI is InChI=1S/C22H23ClF4N2O4.C22H23ClF4N2O3S.C21H21ClF4N2O4/c1-21(26,27)22(31,10-32-2)20(13-4-6-16(33-3)19(25)18(13)23)29-15-9-11(24)8-14-12(15)5-7-17(30)28-14;1-21(26,27)22(31,10-33-3)20(13-4-6-16(32-2)19(25)18(13)23)29-15-9-11(24)8-14-12(15)5-7-17(30)28-14;1-20(25,26)21(31,9-29)19(12-3-5-15(32-2)18(24)17(12)22)28-14-8-10(23)7-13-11(14)4-6-16(30)27-13/h2*4-9,12,14,20,29,31H,10H2,1-3H3,(H,28,30);3-8,11,13,19,28-29,31H,9H2,1-2H3,(H,27,30)/t2*12?,14?,20-,22+;11?,13?,19-,21+/m000/s1. The first-order valence-electron chi connectivity index (χ1n) is 29.3. The molecule has 0 bridgehead atoms. The molecule has 3 amide bonds. The molecule has 0 fully saturated rings. The molecule has 6 aliphatic rings. The minimum absolute atomic E-state index is 0.000308. The van der Waals surface area contributed by atoms with Gasteiger partial charge in [-0.3, -0.25) is 14.4 Å². The van der Waals surface area contributed by atoms with Crippen LogP contribution in [0.1, 0.15) is 55.6 Å². The van der Waals surface area contributed by atoms with Gasteiger partial charge >= 0.3 is 0 Å². The van der Waals surface area contributed by atoms with E-state index in [0.717, 1.165) is 55.3 Å². The summed E-state index contributed by atoms with van der Waals surface area (Å²) in [6, 6.07) is -0.539. The normalized spacial score (nSPS) is 23.1. The Bertz CT molecular complexity index is 3670. The van der Waals surface area contributed by atoms with Crippen LogP contribution in [0.3, 0.4) is 0 Å². The lowest BCUT2D eigenvalue weighted by molar-refractivity contribution is -0.208. The van der Waals surface area contributed by atoms with Gasteiger partial charge in [0.15, 0.2) is 51.5 Å². The average molecular weight is 1470 g/mol. The second-order valence-corrected chi connectivity index (χ2v) is 25.4. The number of benzene rings is 3. The maximum atomic E-state index is 14.8. The Hall–Kier alpha value is -7.29. The molecule has 534 valence electrons. The van der Waals surface area contributed by atoms with Crippen molar-refractivity contribution in [3.05, 3.63) is 193 Å². The van der Waals surface area contributed by atoms with E-state index >= 15 is 0 Å². The van der Waals surface area contributed by atoms with Crippen molar-refractivity contribution in [2.75, 3.05) is 53.7 Å². The average Bonchev–Trinajstić information content (AvgIpc) is 0.765. The molecule has 0 saturated carbocycles. The van der Waals surface area contributed by atoms with Crippen LogP contribution < -0.4 is 46.1 Å². The molecule has 3 aromatic rings. The number of allylic oxidation sites excluding steroid dienone is 6. The van der Waals surface area contributed by atoms with Crippen molar-refractivity contribution in [1.29, 1.82) is 0 Å². The van der Waals surface area contributed by atoms with Gasteiger partial charge in [-0.1, -0.05) is 71.2 Å². The van der Waals surface area contributed by atoms with Gasteiger partial charge in [0.2, 0.25) is 17.7 Å². The van der Waals surface area contributed by atoms with Gasteiger partial charge in [-0.15, -0.1) is 0 Å². The first-order valence-corrected chi connectivity index (χ1v) is 31.8. The van der Waals surface area contributed by atoms with E-state index < -0.39 is 175 Å². The Kier molecular flexibility index (Phi) is 24.8. The number of aliphatic hydroxyl groups excluding tert-OH is 1. The summed E-state index contributed by atoms with van der Waals surface area (Å²) in [6.07, 6.45) is 16.2. The van der Waals surface area contributed by atoms with Crippen LogP contribution in [0.2, 0.25) is 15.1 Å². The van der Waals surface area contributed by atoms with Gasteiger partial charge in [0.25, 0.3) is 17.8 Å². The molecule has 9 rings (SSSR count). The number of methoxy groups -OCH3 is 4. The SMILES string of the molecule is COC[C@@](O)([C@@H](NC1=CC(F)=CC2NC(=O)C=CC12)c1ccc(OC)c(F)c1Cl)C(C)(F)F.COc1ccc([C@H](NC2=CC(F)=CC3NC(=O)C=CC23)[C@](O)(CO)C(C)(F)F)c(Cl)c1F.COc1ccc([C@H](NC2=CC(F)=CC3NC(=O)C=CC23)[C@](O)(CSC)C(C)(F)F)c(Cl)c1F. The third-order valence-corrected chi connectivity index (χ3v) is 18.7. The van der Waals surface area contributed by atoms with E-state index in [2.05, 4.69) is 31.9 Å². The minimum Gasteiger partial charge on any atom is -0.494 e. The fraction of sp³-hybridized carbons (Fsp3) is 0.400. The number of aliphatic hydroxyl groups is 4. The topological polar surface area (TPSA) is 241 Å². The fourth-order valence-corrected chi connectivity index (χ4v) is 13.1. The van der Waals surface area contributed by atoms with E-state index in [4.69, 9.17) is 53.8 Å². The number of ether oxygens (including phenoxy) is 4. The van der Waals surface area contributed by atoms with Crippen LogP contribution in [0.4, 0.5) is 52.7 Å². The van der Waals surface area contributed by atoms with Crippen LogP contribution >= 0.6 is 46.6 Å². The molecule has 12 atom stereocenters. The molecule has 10 N–H and O–H groups in total. The van der Waals surface area contributed by atoms with Crippen LogP contribution in [-0.4, -0.2) is 145 Å². The molecule has 3 aliphatic carbocycles. The Morgan fingerprint density at radius 2 is 0.786 bits per heavy atom. The van der Waals surface area contributed by atoms with E-state index in [-0.39, 0.29) is 51.0 Å². The number of rotatable bonds is 23. The maximum absolute atomic E-state index is 14.8. The number of amides is 3. The van der Waals surface area contributed by atoms with E-state index in [1.807, 2.05) is 0 Å². The Balaban J connectivity index is 0.000000207. The molecule has 0 spiro atoms. The number of alkyl halides is 6. The minimum atomic E-state index is -3.90. The Morgan fingerprint density at radius 3 is 1.04 bits per heavy atom. The van der Waals surface area contributed by atoms with Crippen LogP contribution in [0.5, 0.6) is 17.2 Å². The summed E-state index contributed by atoms with van der Waals surface area (Å²) in [5.41, 5.74) is -9.41. The number of fused-ring (bicyclic) bond motifs is 3. The molecule has 0 aromatic heterocycles. The van der Waals surface area contributed by atoms with E-state index in [1.165, 1.54) is 100 Å². The summed E-state index contributed by atoms with van der Waals surface area (Å²) in [7, 11) is 4.72. The third kappa shape index (κ3) is 16.3. The molecular weight excluding hydrogens is 1410 g/mol. The van der Waals surface area contributed by atoms with Crippen LogP contribution in [-0.2, 0) is 19.1 Å². The highest BCUT2D eigenvalue weighted by Gasteiger charge is 2.59. The summed E-state index contributed by atoms with van der Waals surface area (Å²) >= 11 is 19.4. The Labute approximate surface area is 573 Å². The molecule has 3 heterocycles. The predicted molar refractivity (Wildman–Crippen MR) is 341 cm³/mol. The van der Waals surface area contributed by atoms with Crippen molar-refractivity contribution in [2.24, 2.45) is 17.8 Å². The zero-order valence-corrected chi connectivity index (χ0v) is 56.0.